The average Bonchev–Trinajstić information content (AvgIpc) is 3.51. The quantitative estimate of drug-likeness (QED) is 0.177. The summed E-state index contributed by atoms with van der Waals surface area (Å²) in [5.74, 6) is 1.77. The molecule has 0 unspecified atom stereocenters. The largest absolute Gasteiger partial charge is 0.456 e. The molecule has 3 heterocycles. The van der Waals surface area contributed by atoms with E-state index in [-0.39, 0.29) is 0 Å². The zero-order chi connectivity index (χ0) is 34.2. The Labute approximate surface area is 301 Å². The van der Waals surface area contributed by atoms with Gasteiger partial charge in [0.05, 0.1) is 27.8 Å². The lowest BCUT2D eigenvalue weighted by Gasteiger charge is -2.40. The first-order chi connectivity index (χ1) is 25.8. The van der Waals surface area contributed by atoms with Crippen LogP contribution in [0.5, 0.6) is 11.5 Å². The number of fused-ring (bicyclic) bond motifs is 12. The highest BCUT2D eigenvalue weighted by Gasteiger charge is 2.51. The van der Waals surface area contributed by atoms with E-state index in [0.29, 0.717) is 0 Å². The molecular weight excluding hydrogens is 633 g/mol. The molecule has 3 heteroatoms. The van der Waals surface area contributed by atoms with Crippen LogP contribution >= 0.6 is 0 Å². The Morgan fingerprint density at radius 2 is 0.865 bits per heavy atom. The molecule has 0 amide bonds. The van der Waals surface area contributed by atoms with Crippen LogP contribution in [0.1, 0.15) is 22.3 Å². The predicted octanol–water partition coefficient (Wildman–Crippen LogP) is 12.3. The van der Waals surface area contributed by atoms with Crippen molar-refractivity contribution in [1.82, 2.24) is 9.97 Å². The second kappa shape index (κ2) is 11.1. The van der Waals surface area contributed by atoms with Gasteiger partial charge in [-0.2, -0.15) is 0 Å². The van der Waals surface area contributed by atoms with Gasteiger partial charge >= 0.3 is 0 Å². The maximum Gasteiger partial charge on any atom is 0.140 e. The lowest BCUT2D eigenvalue weighted by molar-refractivity contribution is 0.438. The smallest absolute Gasteiger partial charge is 0.140 e. The number of rotatable bonds is 3. The van der Waals surface area contributed by atoms with E-state index in [4.69, 9.17) is 14.7 Å². The van der Waals surface area contributed by atoms with Crippen LogP contribution in [0.3, 0.4) is 0 Å². The predicted molar refractivity (Wildman–Crippen MR) is 211 cm³/mol. The minimum Gasteiger partial charge on any atom is -0.456 e. The summed E-state index contributed by atoms with van der Waals surface area (Å²) in [6.45, 7) is 0. The summed E-state index contributed by atoms with van der Waals surface area (Å²) in [4.78, 5) is 10.4. The number of para-hydroxylation sites is 2. The zero-order valence-corrected chi connectivity index (χ0v) is 28.1. The lowest BCUT2D eigenvalue weighted by Crippen LogP contribution is -2.32. The Morgan fingerprint density at radius 3 is 1.58 bits per heavy atom. The van der Waals surface area contributed by atoms with Crippen molar-refractivity contribution in [3.63, 3.8) is 0 Å². The number of hydrogen-bond donors (Lipinski definition) is 0. The van der Waals surface area contributed by atoms with Crippen LogP contribution in [-0.2, 0) is 5.41 Å². The number of ether oxygens (including phenoxy) is 1. The molecule has 11 rings (SSSR count). The fraction of sp³-hybridized carbons (Fsp3) is 0.0204. The van der Waals surface area contributed by atoms with E-state index in [1.54, 1.807) is 0 Å². The molecule has 9 aromatic rings. The van der Waals surface area contributed by atoms with Gasteiger partial charge in [-0.15, -0.1) is 0 Å². The van der Waals surface area contributed by atoms with Crippen molar-refractivity contribution in [1.29, 1.82) is 0 Å². The summed E-state index contributed by atoms with van der Waals surface area (Å²) < 4.78 is 6.95. The molecule has 242 valence electrons. The lowest BCUT2D eigenvalue weighted by atomic mass is 9.65. The van der Waals surface area contributed by atoms with Gasteiger partial charge in [0.2, 0.25) is 0 Å². The molecule has 0 N–H and O–H groups in total. The van der Waals surface area contributed by atoms with Crippen LogP contribution in [-0.4, -0.2) is 9.97 Å². The molecule has 1 aliphatic carbocycles. The molecule has 0 radical (unpaired) electrons. The normalized spacial score (nSPS) is 13.3. The van der Waals surface area contributed by atoms with Gasteiger partial charge in [0.25, 0.3) is 0 Å². The average molecular weight is 663 g/mol. The van der Waals surface area contributed by atoms with E-state index in [1.807, 2.05) is 18.2 Å². The maximum atomic E-state index is 6.95. The van der Waals surface area contributed by atoms with Crippen LogP contribution in [0, 0.1) is 0 Å². The van der Waals surface area contributed by atoms with Crippen LogP contribution in [0.25, 0.3) is 66.6 Å². The van der Waals surface area contributed by atoms with E-state index in [2.05, 4.69) is 164 Å². The molecular formula is C49H30N2O. The monoisotopic (exact) mass is 662 g/mol. The van der Waals surface area contributed by atoms with Gasteiger partial charge in [0.15, 0.2) is 0 Å². The standard InChI is InChI=1S/C49H30N2O/c1-2-12-31(13-3-1)43-28-26-32-24-25-33-27-29-44(51-47(33)46(32)50-43)35-15-10-14-34(30-35)36-18-11-22-42-48(36)52-45-23-9-8-21-41(45)49(42)39-19-6-4-16-37(39)38-17-5-7-20-40(38)49/h1-30H. The van der Waals surface area contributed by atoms with Gasteiger partial charge in [-0.1, -0.05) is 158 Å². The first-order valence-corrected chi connectivity index (χ1v) is 17.7. The highest BCUT2D eigenvalue weighted by molar-refractivity contribution is 6.04. The van der Waals surface area contributed by atoms with Crippen molar-refractivity contribution in [3.8, 4) is 56.3 Å². The maximum absolute atomic E-state index is 6.95. The van der Waals surface area contributed by atoms with E-state index in [9.17, 15) is 0 Å². The molecule has 0 bridgehead atoms. The van der Waals surface area contributed by atoms with Crippen molar-refractivity contribution in [2.24, 2.45) is 0 Å². The number of pyridine rings is 2. The van der Waals surface area contributed by atoms with Crippen LogP contribution < -0.4 is 4.74 Å². The molecule has 1 spiro atoms. The number of benzene rings is 7. The fourth-order valence-electron chi connectivity index (χ4n) is 8.65. The summed E-state index contributed by atoms with van der Waals surface area (Å²) >= 11 is 0. The third kappa shape index (κ3) is 4.08. The van der Waals surface area contributed by atoms with Crippen molar-refractivity contribution in [2.45, 2.75) is 5.41 Å². The highest BCUT2D eigenvalue weighted by atomic mass is 16.5. The molecule has 52 heavy (non-hydrogen) atoms. The molecule has 0 fully saturated rings. The molecule has 0 atom stereocenters. The second-order valence-corrected chi connectivity index (χ2v) is 13.7. The van der Waals surface area contributed by atoms with Crippen molar-refractivity contribution in [3.05, 3.63) is 204 Å². The Bertz CT molecular complexity index is 2850. The van der Waals surface area contributed by atoms with Crippen molar-refractivity contribution in [2.75, 3.05) is 0 Å². The summed E-state index contributed by atoms with van der Waals surface area (Å²) in [5.41, 5.74) is 14.8. The molecule has 2 aliphatic rings. The van der Waals surface area contributed by atoms with Gasteiger partial charge in [0.1, 0.15) is 11.5 Å². The summed E-state index contributed by atoms with van der Waals surface area (Å²) in [6.07, 6.45) is 0. The first kappa shape index (κ1) is 28.9. The van der Waals surface area contributed by atoms with Gasteiger partial charge in [-0.3, -0.25) is 0 Å². The van der Waals surface area contributed by atoms with Gasteiger partial charge in [-0.05, 0) is 52.1 Å². The summed E-state index contributed by atoms with van der Waals surface area (Å²) in [6, 6.07) is 64.6. The SMILES string of the molecule is c1ccc(-c2ccc3ccc4ccc(-c5cccc(-c6cccc7c6Oc6ccccc6C76c7ccccc7-c7ccccc76)c5)nc4c3n2)cc1. The molecule has 0 saturated heterocycles. The third-order valence-corrected chi connectivity index (χ3v) is 10.9. The van der Waals surface area contributed by atoms with E-state index in [1.165, 1.54) is 27.8 Å². The summed E-state index contributed by atoms with van der Waals surface area (Å²) in [5, 5.41) is 2.14. The Balaban J connectivity index is 1.09. The highest BCUT2D eigenvalue weighted by Crippen LogP contribution is 2.63. The van der Waals surface area contributed by atoms with E-state index < -0.39 is 5.41 Å². The topological polar surface area (TPSA) is 35.0 Å². The molecule has 7 aromatic carbocycles. The fourth-order valence-corrected chi connectivity index (χ4v) is 8.65. The molecule has 2 aromatic heterocycles. The van der Waals surface area contributed by atoms with Crippen LogP contribution in [0.15, 0.2) is 182 Å². The number of aromatic nitrogens is 2. The Kier molecular flexibility index (Phi) is 6.17. The number of hydrogen-bond acceptors (Lipinski definition) is 3. The van der Waals surface area contributed by atoms with E-state index >= 15 is 0 Å². The summed E-state index contributed by atoms with van der Waals surface area (Å²) in [7, 11) is 0. The minimum absolute atomic E-state index is 0.502. The third-order valence-electron chi connectivity index (χ3n) is 10.9. The van der Waals surface area contributed by atoms with Crippen molar-refractivity contribution < 1.29 is 4.74 Å². The molecule has 1 aliphatic heterocycles. The first-order valence-electron chi connectivity index (χ1n) is 17.7. The van der Waals surface area contributed by atoms with Crippen LogP contribution in [0.4, 0.5) is 0 Å². The van der Waals surface area contributed by atoms with Gasteiger partial charge in [0, 0.05) is 38.6 Å². The van der Waals surface area contributed by atoms with Gasteiger partial charge < -0.3 is 4.74 Å². The molecule has 0 saturated carbocycles. The van der Waals surface area contributed by atoms with Crippen molar-refractivity contribution >= 4 is 21.8 Å². The zero-order valence-electron chi connectivity index (χ0n) is 28.1. The second-order valence-electron chi connectivity index (χ2n) is 13.7. The Morgan fingerprint density at radius 1 is 0.365 bits per heavy atom. The van der Waals surface area contributed by atoms with E-state index in [0.717, 1.165) is 72.5 Å². The number of nitrogens with zero attached hydrogens (tertiary/aromatic N) is 2. The molecule has 3 nitrogen and oxygen atoms in total. The Hall–Kier alpha value is -6.84. The van der Waals surface area contributed by atoms with Gasteiger partial charge in [-0.25, -0.2) is 9.97 Å². The van der Waals surface area contributed by atoms with Crippen LogP contribution in [0.2, 0.25) is 0 Å². The minimum atomic E-state index is -0.502.